The Morgan fingerprint density at radius 1 is 1.50 bits per heavy atom. The van der Waals surface area contributed by atoms with Gasteiger partial charge < -0.3 is 15.0 Å². The van der Waals surface area contributed by atoms with E-state index in [0.29, 0.717) is 6.54 Å². The molecule has 0 aliphatic carbocycles. The first-order valence-electron chi connectivity index (χ1n) is 8.09. The quantitative estimate of drug-likeness (QED) is 0.227. The minimum atomic E-state index is -0.355. The predicted molar refractivity (Wildman–Crippen MR) is 93.5 cm³/mol. The van der Waals surface area contributed by atoms with Gasteiger partial charge >= 0.3 is 5.97 Å². The van der Waals surface area contributed by atoms with E-state index in [4.69, 9.17) is 0 Å². The van der Waals surface area contributed by atoms with Gasteiger partial charge in [0.1, 0.15) is 12.2 Å². The zero-order valence-corrected chi connectivity index (χ0v) is 14.9. The minimum absolute atomic E-state index is 0.0584. The standard InChI is InChI=1S/C16H28N6O2/c1-5-6-7-8-9-10-21(3)16(17-2)18-11-14-12-22(20-19-14)13-15(23)24-4/h5,12H,1,6-11,13H2,2-4H3,(H,17,18). The fourth-order valence-corrected chi connectivity index (χ4v) is 2.17. The Bertz CT molecular complexity index is 540. The van der Waals surface area contributed by atoms with Crippen LogP contribution in [0.15, 0.2) is 23.8 Å². The van der Waals surface area contributed by atoms with Gasteiger partial charge in [-0.05, 0) is 19.3 Å². The summed E-state index contributed by atoms with van der Waals surface area (Å²) in [5.41, 5.74) is 0.736. The van der Waals surface area contributed by atoms with E-state index in [-0.39, 0.29) is 12.5 Å². The zero-order valence-electron chi connectivity index (χ0n) is 14.9. The highest BCUT2D eigenvalue weighted by Gasteiger charge is 2.08. The number of carbonyl (C=O) groups excluding carboxylic acids is 1. The summed E-state index contributed by atoms with van der Waals surface area (Å²) >= 11 is 0. The number of carbonyl (C=O) groups is 1. The van der Waals surface area contributed by atoms with Crippen LogP contribution < -0.4 is 5.32 Å². The van der Waals surface area contributed by atoms with Gasteiger partial charge in [-0.15, -0.1) is 11.7 Å². The van der Waals surface area contributed by atoms with Crippen LogP contribution in [0.25, 0.3) is 0 Å². The van der Waals surface area contributed by atoms with Crippen molar-refractivity contribution >= 4 is 11.9 Å². The van der Waals surface area contributed by atoms with E-state index in [1.165, 1.54) is 24.6 Å². The molecule has 1 rings (SSSR count). The summed E-state index contributed by atoms with van der Waals surface area (Å²) in [6, 6.07) is 0. The minimum Gasteiger partial charge on any atom is -0.468 e. The van der Waals surface area contributed by atoms with Crippen LogP contribution in [-0.4, -0.2) is 59.6 Å². The summed E-state index contributed by atoms with van der Waals surface area (Å²) in [4.78, 5) is 17.6. The van der Waals surface area contributed by atoms with Crippen LogP contribution in [0.5, 0.6) is 0 Å². The molecule has 0 fully saturated rings. The number of allylic oxidation sites excluding steroid dienone is 1. The Labute approximate surface area is 143 Å². The molecule has 0 saturated carbocycles. The number of guanidine groups is 1. The molecule has 0 atom stereocenters. The molecule has 0 bridgehead atoms. The fourth-order valence-electron chi connectivity index (χ4n) is 2.17. The van der Waals surface area contributed by atoms with Gasteiger partial charge in [-0.3, -0.25) is 9.79 Å². The topological polar surface area (TPSA) is 84.6 Å². The second-order valence-corrected chi connectivity index (χ2v) is 5.44. The highest BCUT2D eigenvalue weighted by molar-refractivity contribution is 5.79. The van der Waals surface area contributed by atoms with Crippen LogP contribution in [0.4, 0.5) is 0 Å². The van der Waals surface area contributed by atoms with Crippen LogP contribution >= 0.6 is 0 Å². The lowest BCUT2D eigenvalue weighted by molar-refractivity contribution is -0.141. The van der Waals surface area contributed by atoms with Crippen molar-refractivity contribution in [3.8, 4) is 0 Å². The number of aliphatic imine (C=N–C) groups is 1. The molecule has 0 saturated heterocycles. The number of hydrogen-bond acceptors (Lipinski definition) is 5. The Hall–Kier alpha value is -2.38. The first-order chi connectivity index (χ1) is 11.6. The second kappa shape index (κ2) is 11.2. The van der Waals surface area contributed by atoms with E-state index in [1.54, 1.807) is 13.2 Å². The van der Waals surface area contributed by atoms with Gasteiger partial charge in [0.15, 0.2) is 5.96 Å². The Kier molecular flexibility index (Phi) is 9.18. The van der Waals surface area contributed by atoms with E-state index < -0.39 is 0 Å². The van der Waals surface area contributed by atoms with Gasteiger partial charge in [0.25, 0.3) is 0 Å². The number of methoxy groups -OCH3 is 1. The number of hydrogen-bond donors (Lipinski definition) is 1. The number of unbranched alkanes of at least 4 members (excludes halogenated alkanes) is 3. The lowest BCUT2D eigenvalue weighted by Gasteiger charge is -2.21. The van der Waals surface area contributed by atoms with E-state index in [2.05, 4.69) is 36.8 Å². The maximum atomic E-state index is 11.2. The molecule has 8 heteroatoms. The Morgan fingerprint density at radius 2 is 2.29 bits per heavy atom. The average Bonchev–Trinajstić information content (AvgIpc) is 3.02. The zero-order chi connectivity index (χ0) is 17.8. The summed E-state index contributed by atoms with van der Waals surface area (Å²) in [5, 5.41) is 11.2. The van der Waals surface area contributed by atoms with Crippen LogP contribution in [-0.2, 0) is 22.6 Å². The van der Waals surface area contributed by atoms with Crippen molar-refractivity contribution in [1.82, 2.24) is 25.2 Å². The third-order valence-corrected chi connectivity index (χ3v) is 3.51. The molecular weight excluding hydrogens is 308 g/mol. The third kappa shape index (κ3) is 7.26. The normalized spacial score (nSPS) is 11.2. The van der Waals surface area contributed by atoms with Gasteiger partial charge in [0, 0.05) is 20.6 Å². The lowest BCUT2D eigenvalue weighted by atomic mass is 10.2. The first-order valence-corrected chi connectivity index (χ1v) is 8.09. The molecule has 0 aromatic carbocycles. The van der Waals surface area contributed by atoms with Crippen molar-refractivity contribution < 1.29 is 9.53 Å². The molecule has 8 nitrogen and oxygen atoms in total. The van der Waals surface area contributed by atoms with E-state index in [1.807, 2.05) is 13.1 Å². The largest absolute Gasteiger partial charge is 0.468 e. The van der Waals surface area contributed by atoms with Crippen molar-refractivity contribution in [3.05, 3.63) is 24.5 Å². The van der Waals surface area contributed by atoms with E-state index in [0.717, 1.165) is 31.0 Å². The number of rotatable bonds is 10. The summed E-state index contributed by atoms with van der Waals surface area (Å²) in [7, 11) is 5.11. The van der Waals surface area contributed by atoms with Crippen LogP contribution in [0.2, 0.25) is 0 Å². The van der Waals surface area contributed by atoms with Gasteiger partial charge in [-0.1, -0.05) is 17.7 Å². The molecule has 1 aromatic heterocycles. The Morgan fingerprint density at radius 3 is 2.96 bits per heavy atom. The highest BCUT2D eigenvalue weighted by atomic mass is 16.5. The molecule has 0 amide bonds. The number of aromatic nitrogens is 3. The van der Waals surface area contributed by atoms with Gasteiger partial charge in [0.2, 0.25) is 0 Å². The third-order valence-electron chi connectivity index (χ3n) is 3.51. The van der Waals surface area contributed by atoms with E-state index in [9.17, 15) is 4.79 Å². The van der Waals surface area contributed by atoms with Crippen LogP contribution in [0.1, 0.15) is 31.4 Å². The first kappa shape index (κ1) is 19.7. The molecule has 0 unspecified atom stereocenters. The summed E-state index contributed by atoms with van der Waals surface area (Å²) in [5.74, 6) is 0.452. The van der Waals surface area contributed by atoms with E-state index >= 15 is 0 Å². The predicted octanol–water partition coefficient (Wildman–Crippen LogP) is 1.20. The summed E-state index contributed by atoms with van der Waals surface area (Å²) in [6.07, 6.45) is 8.20. The summed E-state index contributed by atoms with van der Waals surface area (Å²) < 4.78 is 6.05. The second-order valence-electron chi connectivity index (χ2n) is 5.44. The molecule has 1 heterocycles. The molecule has 0 aliphatic rings. The summed E-state index contributed by atoms with van der Waals surface area (Å²) in [6.45, 7) is 5.22. The van der Waals surface area contributed by atoms with Crippen molar-refractivity contribution in [2.75, 3.05) is 27.7 Å². The lowest BCUT2D eigenvalue weighted by Crippen LogP contribution is -2.39. The van der Waals surface area contributed by atoms with Crippen molar-refractivity contribution in [2.45, 2.75) is 38.8 Å². The van der Waals surface area contributed by atoms with Crippen molar-refractivity contribution in [3.63, 3.8) is 0 Å². The van der Waals surface area contributed by atoms with Crippen molar-refractivity contribution in [1.29, 1.82) is 0 Å². The molecule has 134 valence electrons. The molecule has 24 heavy (non-hydrogen) atoms. The number of nitrogens with zero attached hydrogens (tertiary/aromatic N) is 5. The van der Waals surface area contributed by atoms with Crippen LogP contribution in [0, 0.1) is 0 Å². The Balaban J connectivity index is 2.37. The van der Waals surface area contributed by atoms with Crippen molar-refractivity contribution in [2.24, 2.45) is 4.99 Å². The molecule has 0 aliphatic heterocycles. The maximum absolute atomic E-state index is 11.2. The molecule has 0 radical (unpaired) electrons. The SMILES string of the molecule is C=CCCCCCN(C)C(=NC)NCc1cn(CC(=O)OC)nn1. The van der Waals surface area contributed by atoms with Gasteiger partial charge in [-0.2, -0.15) is 0 Å². The number of ether oxygens (including phenoxy) is 1. The molecule has 1 N–H and O–H groups in total. The maximum Gasteiger partial charge on any atom is 0.327 e. The smallest absolute Gasteiger partial charge is 0.327 e. The average molecular weight is 336 g/mol. The monoisotopic (exact) mass is 336 g/mol. The van der Waals surface area contributed by atoms with Crippen LogP contribution in [0.3, 0.4) is 0 Å². The fraction of sp³-hybridized carbons (Fsp3) is 0.625. The number of nitrogens with one attached hydrogen (secondary N) is 1. The molecule has 0 spiro atoms. The molecule has 1 aromatic rings. The highest BCUT2D eigenvalue weighted by Crippen LogP contribution is 2.02. The molecular formula is C16H28N6O2. The van der Waals surface area contributed by atoms with Gasteiger partial charge in [-0.25, -0.2) is 4.68 Å². The van der Waals surface area contributed by atoms with Gasteiger partial charge in [0.05, 0.1) is 19.9 Å². The number of esters is 1.